The average Bonchev–Trinajstić information content (AvgIpc) is 3.61. The van der Waals surface area contributed by atoms with E-state index in [2.05, 4.69) is 10.1 Å². The van der Waals surface area contributed by atoms with Crippen LogP contribution in [0.2, 0.25) is 0 Å². The van der Waals surface area contributed by atoms with Gasteiger partial charge in [-0.15, -0.1) is 0 Å². The van der Waals surface area contributed by atoms with E-state index in [0.717, 1.165) is 20.8 Å². The van der Waals surface area contributed by atoms with Crippen molar-refractivity contribution in [3.63, 3.8) is 0 Å². The molecule has 12 heteroatoms. The number of rotatable bonds is 7. The number of H-pyrrole nitrogens is 1. The maximum absolute atomic E-state index is 14.9. The van der Waals surface area contributed by atoms with E-state index in [1.54, 1.807) is 66.8 Å². The number of aromatic nitrogens is 5. The number of hydrogen-bond donors (Lipinski definition) is 1. The minimum Gasteiger partial charge on any atom is -0.455 e. The molecule has 1 saturated heterocycles. The molecule has 0 amide bonds. The maximum atomic E-state index is 14.9. The lowest BCUT2D eigenvalue weighted by molar-refractivity contribution is -0.0250. The molecule has 1 aliphatic carbocycles. The van der Waals surface area contributed by atoms with Crippen LogP contribution in [0.1, 0.15) is 53.8 Å². The molecule has 5 heterocycles. The number of nitrogens with one attached hydrogen (secondary N) is 1. The number of benzene rings is 1. The van der Waals surface area contributed by atoms with Crippen molar-refractivity contribution >= 4 is 26.5 Å². The summed E-state index contributed by atoms with van der Waals surface area (Å²) in [6.07, 6.45) is 10.0. The zero-order valence-corrected chi connectivity index (χ0v) is 28.5. The SMILES string of the molecule is CC1=CC(c2cc(=O)n(C3COC3)cc2Oc2c(C)cccc2C)=CC(c2cnn(C)c2C)C1(C)S(=O)(=O)n1ccc2cc[nH]c(=O)c21. The van der Waals surface area contributed by atoms with E-state index in [0.29, 0.717) is 52.4 Å². The highest BCUT2D eigenvalue weighted by molar-refractivity contribution is 7.91. The van der Waals surface area contributed by atoms with Gasteiger partial charge in [0.1, 0.15) is 16.0 Å². The molecule has 2 unspecified atom stereocenters. The van der Waals surface area contributed by atoms with Crippen LogP contribution < -0.4 is 15.9 Å². The molecule has 1 N–H and O–H groups in total. The van der Waals surface area contributed by atoms with Crippen molar-refractivity contribution in [1.29, 1.82) is 0 Å². The van der Waals surface area contributed by atoms with Gasteiger partial charge >= 0.3 is 0 Å². The highest BCUT2D eigenvalue weighted by Crippen LogP contribution is 2.49. The zero-order chi connectivity index (χ0) is 34.1. The van der Waals surface area contributed by atoms with Crippen molar-refractivity contribution in [2.24, 2.45) is 7.05 Å². The minimum atomic E-state index is -4.28. The van der Waals surface area contributed by atoms with Crippen LogP contribution in [0.3, 0.4) is 0 Å². The first-order valence-electron chi connectivity index (χ1n) is 15.7. The van der Waals surface area contributed by atoms with Crippen molar-refractivity contribution in [3.05, 3.63) is 128 Å². The number of aryl methyl sites for hydroxylation is 3. The number of para-hydroxylation sites is 1. The monoisotopic (exact) mass is 667 g/mol. The van der Waals surface area contributed by atoms with E-state index >= 15 is 0 Å². The van der Waals surface area contributed by atoms with Crippen LogP contribution in [0.4, 0.5) is 0 Å². The maximum Gasteiger partial charge on any atom is 0.273 e. The Labute approximate surface area is 277 Å². The quantitative estimate of drug-likeness (QED) is 0.250. The highest BCUT2D eigenvalue weighted by atomic mass is 32.2. The molecule has 248 valence electrons. The molecular formula is C36H37N5O6S. The molecular weight excluding hydrogens is 630 g/mol. The van der Waals surface area contributed by atoms with Gasteiger partial charge in [0.25, 0.3) is 11.1 Å². The summed E-state index contributed by atoms with van der Waals surface area (Å²) in [5.74, 6) is 0.389. The van der Waals surface area contributed by atoms with Gasteiger partial charge in [-0.2, -0.15) is 5.10 Å². The summed E-state index contributed by atoms with van der Waals surface area (Å²) < 4.78 is 44.7. The Morgan fingerprint density at radius 2 is 1.79 bits per heavy atom. The smallest absolute Gasteiger partial charge is 0.273 e. The Kier molecular flexibility index (Phi) is 7.48. The van der Waals surface area contributed by atoms with E-state index in [1.165, 1.54) is 12.4 Å². The predicted molar refractivity (Wildman–Crippen MR) is 184 cm³/mol. The molecule has 0 radical (unpaired) electrons. The fourth-order valence-corrected chi connectivity index (χ4v) is 8.84. The molecule has 2 atom stereocenters. The first-order valence-corrected chi connectivity index (χ1v) is 17.2. The Hall–Kier alpha value is -4.94. The molecule has 1 aliphatic heterocycles. The number of allylic oxidation sites excluding steroid dienone is 3. The van der Waals surface area contributed by atoms with Crippen LogP contribution in [0.25, 0.3) is 16.5 Å². The average molecular weight is 668 g/mol. The predicted octanol–water partition coefficient (Wildman–Crippen LogP) is 5.28. The highest BCUT2D eigenvalue weighted by Gasteiger charge is 2.51. The fourth-order valence-electron chi connectivity index (χ4n) is 6.80. The van der Waals surface area contributed by atoms with Gasteiger partial charge in [0, 0.05) is 53.6 Å². The van der Waals surface area contributed by atoms with Crippen LogP contribution in [-0.4, -0.2) is 49.7 Å². The second-order valence-electron chi connectivity index (χ2n) is 12.9. The van der Waals surface area contributed by atoms with Gasteiger partial charge < -0.3 is 19.0 Å². The molecule has 4 aromatic heterocycles. The molecule has 0 saturated carbocycles. The number of aromatic amines is 1. The lowest BCUT2D eigenvalue weighted by atomic mass is 9.76. The van der Waals surface area contributed by atoms with Gasteiger partial charge in [0.05, 0.1) is 31.6 Å². The largest absolute Gasteiger partial charge is 0.455 e. The van der Waals surface area contributed by atoms with Crippen LogP contribution >= 0.6 is 0 Å². The molecule has 2 aliphatic rings. The van der Waals surface area contributed by atoms with E-state index < -0.39 is 26.2 Å². The van der Waals surface area contributed by atoms with Crippen LogP contribution in [0, 0.1) is 20.8 Å². The number of hydrogen-bond acceptors (Lipinski definition) is 7. The van der Waals surface area contributed by atoms with Crippen LogP contribution in [0.5, 0.6) is 11.5 Å². The third-order valence-corrected chi connectivity index (χ3v) is 12.5. The Morgan fingerprint density at radius 1 is 1.06 bits per heavy atom. The Balaban J connectivity index is 1.45. The Morgan fingerprint density at radius 3 is 2.44 bits per heavy atom. The van der Waals surface area contributed by atoms with Crippen LogP contribution in [-0.2, 0) is 21.8 Å². The van der Waals surface area contributed by atoms with Gasteiger partial charge in [-0.3, -0.25) is 14.3 Å². The second-order valence-corrected chi connectivity index (χ2v) is 15.1. The number of nitrogens with zero attached hydrogens (tertiary/aromatic N) is 4. The second kappa shape index (κ2) is 11.3. The molecule has 1 fully saturated rings. The van der Waals surface area contributed by atoms with E-state index in [1.807, 2.05) is 45.0 Å². The fraction of sp³-hybridized carbons (Fsp3) is 0.306. The summed E-state index contributed by atoms with van der Waals surface area (Å²) in [7, 11) is -2.48. The van der Waals surface area contributed by atoms with Crippen LogP contribution in [0.15, 0.2) is 88.5 Å². The standard InChI is InChI=1S/C36H37N5O6S/c1-21-8-7-9-22(2)34(21)47-31-18-40(27-19-46-20-27)32(42)16-28(31)26-14-23(3)36(5,30(15-26)29-17-38-39(6)24(29)4)48(44,45)41-13-11-25-10-12-37-35(43)33(25)41/h7-18,27,30H,19-20H2,1-6H3,(H,37,43). The van der Waals surface area contributed by atoms with E-state index in [-0.39, 0.29) is 17.1 Å². The summed E-state index contributed by atoms with van der Waals surface area (Å²) in [4.78, 5) is 29.2. The summed E-state index contributed by atoms with van der Waals surface area (Å²) in [6, 6.07) is 10.6. The first-order chi connectivity index (χ1) is 22.8. The van der Waals surface area contributed by atoms with E-state index in [9.17, 15) is 18.0 Å². The molecule has 48 heavy (non-hydrogen) atoms. The Bertz CT molecular complexity index is 2390. The van der Waals surface area contributed by atoms with Crippen molar-refractivity contribution in [1.82, 2.24) is 23.3 Å². The molecule has 5 aromatic rings. The van der Waals surface area contributed by atoms with Crippen molar-refractivity contribution in [2.75, 3.05) is 13.2 Å². The molecule has 7 rings (SSSR count). The number of ether oxygens (including phenoxy) is 2. The van der Waals surface area contributed by atoms with Gasteiger partial charge in [0.15, 0.2) is 5.75 Å². The molecule has 11 nitrogen and oxygen atoms in total. The normalized spacial score (nSPS) is 20.0. The summed E-state index contributed by atoms with van der Waals surface area (Å²) >= 11 is 0. The number of pyridine rings is 2. The van der Waals surface area contributed by atoms with E-state index in [4.69, 9.17) is 9.47 Å². The molecule has 0 spiro atoms. The molecule has 0 bridgehead atoms. The van der Waals surface area contributed by atoms with Gasteiger partial charge in [-0.05, 0) is 69.0 Å². The summed E-state index contributed by atoms with van der Waals surface area (Å²) in [6.45, 7) is 10.1. The molecule has 1 aromatic carbocycles. The minimum absolute atomic E-state index is 0.0517. The zero-order valence-electron chi connectivity index (χ0n) is 27.6. The van der Waals surface area contributed by atoms with Gasteiger partial charge in [-0.1, -0.05) is 30.4 Å². The first kappa shape index (κ1) is 31.6. The van der Waals surface area contributed by atoms with Crippen molar-refractivity contribution in [3.8, 4) is 11.5 Å². The third kappa shape index (κ3) is 4.73. The lowest BCUT2D eigenvalue weighted by Gasteiger charge is -2.40. The van der Waals surface area contributed by atoms with Gasteiger partial charge in [0.2, 0.25) is 10.0 Å². The van der Waals surface area contributed by atoms with Gasteiger partial charge in [-0.25, -0.2) is 12.4 Å². The van der Waals surface area contributed by atoms with Crippen molar-refractivity contribution < 1.29 is 17.9 Å². The topological polar surface area (TPSA) is 130 Å². The third-order valence-electron chi connectivity index (χ3n) is 10.1. The lowest BCUT2D eigenvalue weighted by Crippen LogP contribution is -2.47. The summed E-state index contributed by atoms with van der Waals surface area (Å²) in [5, 5.41) is 4.98. The summed E-state index contributed by atoms with van der Waals surface area (Å²) in [5.41, 5.74) is 4.40. The number of fused-ring (bicyclic) bond motifs is 1. The van der Waals surface area contributed by atoms with Crippen molar-refractivity contribution in [2.45, 2.75) is 51.3 Å².